The van der Waals surface area contributed by atoms with Crippen LogP contribution in [0.4, 0.5) is 0 Å². The lowest BCUT2D eigenvalue weighted by Crippen LogP contribution is -1.97. The molecule has 76 valence electrons. The van der Waals surface area contributed by atoms with Crippen LogP contribution < -0.4 is 4.74 Å². The van der Waals surface area contributed by atoms with Crippen molar-refractivity contribution in [3.63, 3.8) is 0 Å². The molecule has 2 heteroatoms. The maximum absolute atomic E-state index is 5.64. The second-order valence-electron chi connectivity index (χ2n) is 3.33. The van der Waals surface area contributed by atoms with E-state index in [0.29, 0.717) is 12.5 Å². The first-order valence-electron chi connectivity index (χ1n) is 4.64. The topological polar surface area (TPSA) is 9.23 Å². The fourth-order valence-corrected chi connectivity index (χ4v) is 1.29. The summed E-state index contributed by atoms with van der Waals surface area (Å²) in [5.41, 5.74) is 2.26. The zero-order valence-electron chi connectivity index (χ0n) is 8.42. The van der Waals surface area contributed by atoms with Gasteiger partial charge >= 0.3 is 0 Å². The van der Waals surface area contributed by atoms with Crippen molar-refractivity contribution >= 4 is 11.6 Å². The van der Waals surface area contributed by atoms with Crippen LogP contribution in [0.2, 0.25) is 0 Å². The van der Waals surface area contributed by atoms with Gasteiger partial charge in [0.05, 0.1) is 0 Å². The normalized spacial score (nSPS) is 9.86. The average Bonchev–Trinajstić information content (AvgIpc) is 2.17. The van der Waals surface area contributed by atoms with Gasteiger partial charge in [0.25, 0.3) is 0 Å². The van der Waals surface area contributed by atoms with Crippen molar-refractivity contribution in [3.05, 3.63) is 42.0 Å². The molecule has 0 unspecified atom stereocenters. The highest BCUT2D eigenvalue weighted by molar-refractivity contribution is 6.17. The Morgan fingerprint density at radius 3 is 2.50 bits per heavy atom. The van der Waals surface area contributed by atoms with Crippen LogP contribution in [0.5, 0.6) is 5.75 Å². The molecule has 1 nitrogen and oxygen atoms in total. The van der Waals surface area contributed by atoms with Crippen LogP contribution in [0.1, 0.15) is 12.5 Å². The quantitative estimate of drug-likeness (QED) is 0.535. The van der Waals surface area contributed by atoms with Crippen LogP contribution in [0, 0.1) is 0 Å². The molecule has 0 radical (unpaired) electrons. The molecule has 1 aromatic carbocycles. The summed E-state index contributed by atoms with van der Waals surface area (Å²) in [6.45, 7) is 6.30. The molecule has 0 aliphatic carbocycles. The fraction of sp³-hybridized carbons (Fsp3) is 0.333. The molecule has 0 spiro atoms. The third-order valence-electron chi connectivity index (χ3n) is 1.79. The molecule has 0 atom stereocenters. The Morgan fingerprint density at radius 2 is 2.00 bits per heavy atom. The summed E-state index contributed by atoms with van der Waals surface area (Å²) in [4.78, 5) is 0. The van der Waals surface area contributed by atoms with E-state index in [0.717, 1.165) is 17.7 Å². The Balaban J connectivity index is 2.50. The Kier molecular flexibility index (Phi) is 4.54. The van der Waals surface area contributed by atoms with E-state index in [-0.39, 0.29) is 0 Å². The molecular formula is C12H15ClO. The number of halogens is 1. The molecule has 14 heavy (non-hydrogen) atoms. The Morgan fingerprint density at radius 1 is 1.36 bits per heavy atom. The highest BCUT2D eigenvalue weighted by Gasteiger charge is 1.95. The molecule has 0 aliphatic heterocycles. The van der Waals surface area contributed by atoms with Gasteiger partial charge in [0, 0.05) is 5.88 Å². The minimum absolute atomic E-state index is 0.578. The van der Waals surface area contributed by atoms with Crippen LogP contribution in [-0.2, 0) is 6.42 Å². The van der Waals surface area contributed by atoms with E-state index in [1.54, 1.807) is 0 Å². The predicted molar refractivity (Wildman–Crippen MR) is 61.2 cm³/mol. The molecular weight excluding hydrogens is 196 g/mol. The maximum Gasteiger partial charge on any atom is 0.119 e. The SMILES string of the molecule is C=C(C)COc1ccc(CCCl)cc1. The van der Waals surface area contributed by atoms with E-state index in [1.807, 2.05) is 31.2 Å². The van der Waals surface area contributed by atoms with Gasteiger partial charge < -0.3 is 4.74 Å². The molecule has 1 aromatic rings. The zero-order valence-corrected chi connectivity index (χ0v) is 9.18. The largest absolute Gasteiger partial charge is 0.489 e. The van der Waals surface area contributed by atoms with E-state index < -0.39 is 0 Å². The van der Waals surface area contributed by atoms with Gasteiger partial charge in [-0.2, -0.15) is 0 Å². The minimum Gasteiger partial charge on any atom is -0.489 e. The summed E-state index contributed by atoms with van der Waals surface area (Å²) in [7, 11) is 0. The molecule has 0 heterocycles. The molecule has 0 fully saturated rings. The summed E-state index contributed by atoms with van der Waals surface area (Å²) in [5, 5.41) is 0. The maximum atomic E-state index is 5.64. The number of hydrogen-bond donors (Lipinski definition) is 0. The first-order valence-corrected chi connectivity index (χ1v) is 5.18. The smallest absolute Gasteiger partial charge is 0.119 e. The molecule has 1 rings (SSSR count). The van der Waals surface area contributed by atoms with Crippen molar-refractivity contribution in [2.24, 2.45) is 0 Å². The van der Waals surface area contributed by atoms with E-state index in [2.05, 4.69) is 6.58 Å². The lowest BCUT2D eigenvalue weighted by molar-refractivity contribution is 0.352. The fourth-order valence-electron chi connectivity index (χ4n) is 1.07. The van der Waals surface area contributed by atoms with Crippen LogP contribution in [0.25, 0.3) is 0 Å². The Bertz CT molecular complexity index is 290. The van der Waals surface area contributed by atoms with Gasteiger partial charge in [-0.25, -0.2) is 0 Å². The summed E-state index contributed by atoms with van der Waals surface area (Å²) in [6.07, 6.45) is 0.905. The van der Waals surface area contributed by atoms with E-state index in [1.165, 1.54) is 5.56 Å². The first kappa shape index (κ1) is 11.1. The van der Waals surface area contributed by atoms with Gasteiger partial charge in [-0.05, 0) is 36.6 Å². The summed E-state index contributed by atoms with van der Waals surface area (Å²) in [6, 6.07) is 8.00. The molecule has 0 aromatic heterocycles. The number of hydrogen-bond acceptors (Lipinski definition) is 1. The number of ether oxygens (including phenoxy) is 1. The lowest BCUT2D eigenvalue weighted by Gasteiger charge is -2.06. The van der Waals surface area contributed by atoms with Gasteiger partial charge in [-0.15, -0.1) is 11.6 Å². The third-order valence-corrected chi connectivity index (χ3v) is 1.98. The van der Waals surface area contributed by atoms with Crippen molar-refractivity contribution in [2.75, 3.05) is 12.5 Å². The van der Waals surface area contributed by atoms with Crippen molar-refractivity contribution in [2.45, 2.75) is 13.3 Å². The van der Waals surface area contributed by atoms with Gasteiger partial charge in [-0.3, -0.25) is 0 Å². The summed E-state index contributed by atoms with van der Waals surface area (Å²) < 4.78 is 5.47. The molecule has 0 bridgehead atoms. The monoisotopic (exact) mass is 210 g/mol. The number of rotatable bonds is 5. The highest BCUT2D eigenvalue weighted by Crippen LogP contribution is 2.13. The van der Waals surface area contributed by atoms with Gasteiger partial charge in [0.2, 0.25) is 0 Å². The third kappa shape index (κ3) is 3.84. The summed E-state index contributed by atoms with van der Waals surface area (Å²) >= 11 is 5.64. The van der Waals surface area contributed by atoms with Crippen molar-refractivity contribution in [1.29, 1.82) is 0 Å². The average molecular weight is 211 g/mol. The number of aryl methyl sites for hydroxylation is 1. The Labute approximate surface area is 90.3 Å². The standard InChI is InChI=1S/C12H15ClO/c1-10(2)9-14-12-5-3-11(4-6-12)7-8-13/h3-6H,1,7-9H2,2H3. The van der Waals surface area contributed by atoms with Crippen LogP contribution in [0.3, 0.4) is 0 Å². The first-order chi connectivity index (χ1) is 6.72. The van der Waals surface area contributed by atoms with Gasteiger partial charge in [0.1, 0.15) is 12.4 Å². The van der Waals surface area contributed by atoms with Crippen molar-refractivity contribution in [3.8, 4) is 5.75 Å². The van der Waals surface area contributed by atoms with E-state index >= 15 is 0 Å². The second-order valence-corrected chi connectivity index (χ2v) is 3.71. The van der Waals surface area contributed by atoms with E-state index in [4.69, 9.17) is 16.3 Å². The highest BCUT2D eigenvalue weighted by atomic mass is 35.5. The minimum atomic E-state index is 0.578. The second kappa shape index (κ2) is 5.71. The number of alkyl halides is 1. The number of benzene rings is 1. The van der Waals surface area contributed by atoms with Crippen molar-refractivity contribution in [1.82, 2.24) is 0 Å². The zero-order chi connectivity index (χ0) is 10.4. The molecule has 0 amide bonds. The van der Waals surface area contributed by atoms with Crippen LogP contribution >= 0.6 is 11.6 Å². The molecule has 0 aliphatic rings. The Hall–Kier alpha value is -0.950. The van der Waals surface area contributed by atoms with Crippen LogP contribution in [0.15, 0.2) is 36.4 Å². The van der Waals surface area contributed by atoms with Gasteiger partial charge in [-0.1, -0.05) is 18.7 Å². The molecule has 0 saturated carbocycles. The van der Waals surface area contributed by atoms with Crippen LogP contribution in [-0.4, -0.2) is 12.5 Å². The molecule has 0 saturated heterocycles. The molecule has 0 N–H and O–H groups in total. The van der Waals surface area contributed by atoms with Crippen molar-refractivity contribution < 1.29 is 4.74 Å². The lowest BCUT2D eigenvalue weighted by atomic mass is 10.2. The van der Waals surface area contributed by atoms with Gasteiger partial charge in [0.15, 0.2) is 0 Å². The summed E-state index contributed by atoms with van der Waals surface area (Å²) in [5.74, 6) is 1.54. The van der Waals surface area contributed by atoms with E-state index in [9.17, 15) is 0 Å². The predicted octanol–water partition coefficient (Wildman–Crippen LogP) is 3.42.